The predicted molar refractivity (Wildman–Crippen MR) is 144 cm³/mol. The fraction of sp³-hybridized carbons (Fsp3) is 0.955. The summed E-state index contributed by atoms with van der Waals surface area (Å²) in [6.45, 7) is 2.12. The molecule has 0 aliphatic carbocycles. The van der Waals surface area contributed by atoms with Gasteiger partial charge in [0.05, 0.1) is 39.5 Å². The van der Waals surface area contributed by atoms with Crippen LogP contribution in [0.1, 0.15) is 47.3 Å². The molecule has 0 aromatic rings. The third kappa shape index (κ3) is 12.3. The maximum atomic E-state index is 12.8. The Kier molecular flexibility index (Phi) is 15.5. The minimum atomic E-state index is -4.83. The molecule has 4 fully saturated rings. The van der Waals surface area contributed by atoms with Crippen LogP contribution in [0.3, 0.4) is 0 Å². The predicted octanol–water partition coefficient (Wildman–Crippen LogP) is -1.53. The van der Waals surface area contributed by atoms with Crippen molar-refractivity contribution >= 4 is 31.3 Å². The smallest absolute Gasteiger partial charge is 0.548 e. The first-order valence-electron chi connectivity index (χ1n) is 14.4. The van der Waals surface area contributed by atoms with E-state index in [4.69, 9.17) is 55.3 Å². The molecule has 4 saturated heterocycles. The molecule has 0 aromatic heterocycles. The minimum Gasteiger partial charge on any atom is -0.548 e. The molecular formula is C22H39BKO17P3. The van der Waals surface area contributed by atoms with E-state index < -0.39 is 111 Å². The summed E-state index contributed by atoms with van der Waals surface area (Å²) < 4.78 is 97.8. The first kappa shape index (κ1) is 38.6. The largest absolute Gasteiger partial charge is 1.00 e. The normalized spacial score (nSPS) is 41.9. The van der Waals surface area contributed by atoms with E-state index in [1.165, 1.54) is 6.61 Å². The molecule has 0 bridgehead atoms. The van der Waals surface area contributed by atoms with Crippen LogP contribution in [0, 0.1) is 6.61 Å². The van der Waals surface area contributed by atoms with Gasteiger partial charge in [-0.15, -0.1) is 6.42 Å². The van der Waals surface area contributed by atoms with Gasteiger partial charge in [-0.3, -0.25) is 27.1 Å². The van der Waals surface area contributed by atoms with Crippen molar-refractivity contribution in [2.24, 2.45) is 0 Å². The van der Waals surface area contributed by atoms with E-state index in [1.807, 2.05) is 6.92 Å². The molecule has 0 spiro atoms. The number of aliphatic hydroxyl groups is 1. The van der Waals surface area contributed by atoms with Crippen LogP contribution >= 0.6 is 23.5 Å². The maximum Gasteiger partial charge on any atom is 1.00 e. The summed E-state index contributed by atoms with van der Waals surface area (Å²) in [5.41, 5.74) is 0. The minimum absolute atomic E-state index is 0. The average molecular weight is 719 g/mol. The van der Waals surface area contributed by atoms with Crippen molar-refractivity contribution in [3.63, 3.8) is 0 Å². The van der Waals surface area contributed by atoms with Crippen LogP contribution in [-0.2, 0) is 59.8 Å². The van der Waals surface area contributed by atoms with Crippen LogP contribution in [-0.4, -0.2) is 115 Å². The molecule has 4 heterocycles. The second-order valence-corrected chi connectivity index (χ2v) is 14.7. The van der Waals surface area contributed by atoms with Crippen LogP contribution < -0.4 is 51.4 Å². The van der Waals surface area contributed by atoms with Crippen LogP contribution in [0.5, 0.6) is 0 Å². The van der Waals surface area contributed by atoms with Crippen molar-refractivity contribution < 1.29 is 132 Å². The Balaban J connectivity index is 0.00000552. The van der Waals surface area contributed by atoms with Gasteiger partial charge in [0.15, 0.2) is 0 Å². The van der Waals surface area contributed by atoms with E-state index in [2.05, 4.69) is 0 Å². The van der Waals surface area contributed by atoms with Gasteiger partial charge in [-0.05, 0) is 19.8 Å². The molecule has 0 amide bonds. The van der Waals surface area contributed by atoms with Crippen LogP contribution in [0.15, 0.2) is 0 Å². The zero-order valence-electron chi connectivity index (χ0n) is 25.6. The van der Waals surface area contributed by atoms with Gasteiger partial charge in [-0.2, -0.15) is 0 Å². The Morgan fingerprint density at radius 3 is 2.02 bits per heavy atom. The Hall–Kier alpha value is 1.83. The monoisotopic (exact) mass is 719 g/mol. The van der Waals surface area contributed by atoms with Crippen molar-refractivity contribution in [3.8, 4) is 0 Å². The Morgan fingerprint density at radius 1 is 0.864 bits per heavy atom. The summed E-state index contributed by atoms with van der Waals surface area (Å²) in [6.07, 6.45) is -7.16. The zero-order valence-corrected chi connectivity index (χ0v) is 30.4. The van der Waals surface area contributed by atoms with Gasteiger partial charge < -0.3 is 38.7 Å². The number of aliphatic hydroxyl groups excluding tert-OH is 1. The SMILES string of the molecule is [2H]C1CC(OP(=O)(O)OCC2OC([B])CC2O)C(COP(=O)(O)OC2CC(C)OC2COP(=O)(O)OC2C[CH-]OC2CC)O1.[K+]. The number of hydrogen-bond acceptors (Lipinski definition) is 14. The van der Waals surface area contributed by atoms with Crippen molar-refractivity contribution in [3.05, 3.63) is 6.61 Å². The quantitative estimate of drug-likeness (QED) is 0.0807. The van der Waals surface area contributed by atoms with E-state index in [0.29, 0.717) is 12.8 Å². The molecule has 4 rings (SSSR count). The van der Waals surface area contributed by atoms with E-state index >= 15 is 0 Å². The summed E-state index contributed by atoms with van der Waals surface area (Å²) in [7, 11) is -8.55. The second kappa shape index (κ2) is 17.7. The van der Waals surface area contributed by atoms with Gasteiger partial charge in [0.25, 0.3) is 0 Å². The molecule has 14 unspecified atom stereocenters. The van der Waals surface area contributed by atoms with Crippen LogP contribution in [0.4, 0.5) is 0 Å². The number of hydrogen-bond donors (Lipinski definition) is 4. The molecule has 14 atom stereocenters. The van der Waals surface area contributed by atoms with Gasteiger partial charge in [0.2, 0.25) is 0 Å². The maximum absolute atomic E-state index is 12.8. The van der Waals surface area contributed by atoms with E-state index in [9.17, 15) is 33.5 Å². The Bertz CT molecular complexity index is 1100. The summed E-state index contributed by atoms with van der Waals surface area (Å²) >= 11 is 0. The summed E-state index contributed by atoms with van der Waals surface area (Å²) in [6, 6.07) is -0.750. The third-order valence-corrected chi connectivity index (χ3v) is 10.1. The van der Waals surface area contributed by atoms with E-state index in [1.54, 1.807) is 6.92 Å². The first-order chi connectivity index (χ1) is 20.5. The van der Waals surface area contributed by atoms with Crippen molar-refractivity contribution in [1.82, 2.24) is 0 Å². The summed E-state index contributed by atoms with van der Waals surface area (Å²) in [5.74, 6) is 0. The van der Waals surface area contributed by atoms with E-state index in [-0.39, 0.29) is 70.6 Å². The molecular weight excluding hydrogens is 679 g/mol. The number of ether oxygens (including phenoxy) is 4. The Labute approximate surface area is 301 Å². The third-order valence-electron chi connectivity index (χ3n) is 7.08. The van der Waals surface area contributed by atoms with Gasteiger partial charge in [-0.25, -0.2) is 20.3 Å². The first-order valence-corrected chi connectivity index (χ1v) is 18.3. The number of rotatable bonds is 16. The topological polar surface area (TPSA) is 224 Å². The van der Waals surface area contributed by atoms with Crippen molar-refractivity contribution in [2.75, 3.05) is 26.4 Å². The van der Waals surface area contributed by atoms with Crippen molar-refractivity contribution in [1.29, 1.82) is 0 Å². The molecule has 22 heteroatoms. The van der Waals surface area contributed by atoms with Crippen molar-refractivity contribution in [2.45, 2.75) is 107 Å². The van der Waals surface area contributed by atoms with Gasteiger partial charge in [-0.1, -0.05) is 6.92 Å². The molecule has 4 aliphatic heterocycles. The molecule has 44 heavy (non-hydrogen) atoms. The van der Waals surface area contributed by atoms with Crippen LogP contribution in [0.25, 0.3) is 0 Å². The van der Waals surface area contributed by atoms with Gasteiger partial charge >= 0.3 is 74.9 Å². The summed E-state index contributed by atoms with van der Waals surface area (Å²) in [4.78, 5) is 30.7. The molecule has 17 nitrogen and oxygen atoms in total. The number of phosphoric ester groups is 3. The molecule has 248 valence electrons. The molecule has 2 radical (unpaired) electrons. The molecule has 0 saturated carbocycles. The molecule has 0 aromatic carbocycles. The van der Waals surface area contributed by atoms with Gasteiger partial charge in [0, 0.05) is 31.5 Å². The summed E-state index contributed by atoms with van der Waals surface area (Å²) in [5, 5.41) is 9.86. The molecule has 4 aliphatic rings. The Morgan fingerprint density at radius 2 is 1.43 bits per heavy atom. The zero-order chi connectivity index (χ0) is 32.3. The fourth-order valence-corrected chi connectivity index (χ4v) is 7.83. The number of phosphoric acid groups is 3. The average Bonchev–Trinajstić information content (AvgIpc) is 3.67. The fourth-order valence-electron chi connectivity index (χ4n) is 4.95. The van der Waals surface area contributed by atoms with Crippen LogP contribution in [0.2, 0.25) is 0 Å². The standard InChI is InChI=1S/C22H39BO17P3.K/c1-3-15-16(4-6-31-15)38-42(27,28)35-12-21-18(8-13(2)36-21)40-43(29,30)34-11-20-17(5-7-32-20)39-41(25,26)33-10-19-14(24)9-22(23)37-19;/h6,13-22,24H,3-5,7-12H2,1-2H3,(H,25,26)(H,27,28)(H,29,30);/q-1;+1/i7D;. The molecule has 4 N–H and O–H groups in total. The van der Waals surface area contributed by atoms with E-state index in [0.717, 1.165) is 0 Å². The van der Waals surface area contributed by atoms with Gasteiger partial charge in [0.1, 0.15) is 38.4 Å². The second-order valence-electron chi connectivity index (χ2n) is 10.5.